The van der Waals surface area contributed by atoms with Crippen LogP contribution in [0.25, 0.3) is 100 Å². The number of aromatic nitrogens is 3. The zero-order valence-corrected chi connectivity index (χ0v) is 28.6. The summed E-state index contributed by atoms with van der Waals surface area (Å²) < 4.78 is 6.50. The molecule has 0 amide bonds. The minimum Gasteiger partial charge on any atom is -0.456 e. The van der Waals surface area contributed by atoms with E-state index >= 15 is 0 Å². The second-order valence-corrected chi connectivity index (χ2v) is 13.3. The lowest BCUT2D eigenvalue weighted by Gasteiger charge is -2.11. The molecule has 0 saturated heterocycles. The lowest BCUT2D eigenvalue weighted by molar-refractivity contribution is 0.669. The summed E-state index contributed by atoms with van der Waals surface area (Å²) in [6.07, 6.45) is 0. The molecule has 53 heavy (non-hydrogen) atoms. The van der Waals surface area contributed by atoms with E-state index in [2.05, 4.69) is 164 Å². The molecule has 0 atom stereocenters. The first-order valence-electron chi connectivity index (χ1n) is 17.8. The van der Waals surface area contributed by atoms with E-state index in [1.807, 2.05) is 24.3 Å². The molecule has 0 bridgehead atoms. The smallest absolute Gasteiger partial charge is 0.164 e. The van der Waals surface area contributed by atoms with E-state index in [1.165, 1.54) is 10.8 Å². The van der Waals surface area contributed by atoms with Crippen molar-refractivity contribution in [2.45, 2.75) is 0 Å². The Labute approximate surface area is 306 Å². The van der Waals surface area contributed by atoms with Crippen molar-refractivity contribution in [2.75, 3.05) is 0 Å². The maximum absolute atomic E-state index is 6.50. The summed E-state index contributed by atoms with van der Waals surface area (Å²) >= 11 is 0. The van der Waals surface area contributed by atoms with Crippen molar-refractivity contribution in [1.82, 2.24) is 15.0 Å². The van der Waals surface area contributed by atoms with Crippen LogP contribution in [-0.4, -0.2) is 15.0 Å². The normalized spacial score (nSPS) is 11.4. The third kappa shape index (κ3) is 5.73. The number of benzene rings is 8. The second kappa shape index (κ2) is 12.9. The third-order valence-corrected chi connectivity index (χ3v) is 9.91. The Morgan fingerprint density at radius 3 is 1.51 bits per heavy atom. The van der Waals surface area contributed by atoms with E-state index in [0.29, 0.717) is 17.5 Å². The average Bonchev–Trinajstić information content (AvgIpc) is 3.62. The molecule has 8 aromatic carbocycles. The Bertz CT molecular complexity index is 2950. The fourth-order valence-electron chi connectivity index (χ4n) is 7.26. The van der Waals surface area contributed by atoms with Crippen LogP contribution in [-0.2, 0) is 0 Å². The molecule has 0 spiro atoms. The van der Waals surface area contributed by atoms with Crippen LogP contribution in [0.15, 0.2) is 192 Å². The molecule has 0 saturated carbocycles. The molecule has 0 fully saturated rings. The summed E-state index contributed by atoms with van der Waals surface area (Å²) in [5.74, 6) is 1.79. The highest BCUT2D eigenvalue weighted by atomic mass is 16.3. The van der Waals surface area contributed by atoms with Gasteiger partial charge in [-0.3, -0.25) is 0 Å². The topological polar surface area (TPSA) is 51.8 Å². The molecule has 0 aliphatic carbocycles. The largest absolute Gasteiger partial charge is 0.456 e. The van der Waals surface area contributed by atoms with Gasteiger partial charge >= 0.3 is 0 Å². The van der Waals surface area contributed by atoms with Crippen LogP contribution >= 0.6 is 0 Å². The minimum absolute atomic E-state index is 0.580. The molecule has 0 unspecified atom stereocenters. The second-order valence-electron chi connectivity index (χ2n) is 13.3. The molecule has 2 heterocycles. The first-order valence-corrected chi connectivity index (χ1v) is 17.8. The molecule has 10 aromatic rings. The fraction of sp³-hybridized carbons (Fsp3) is 0. The molecule has 2 aromatic heterocycles. The van der Waals surface area contributed by atoms with Crippen LogP contribution in [0.4, 0.5) is 0 Å². The Morgan fingerprint density at radius 1 is 0.302 bits per heavy atom. The monoisotopic (exact) mass is 677 g/mol. The van der Waals surface area contributed by atoms with Gasteiger partial charge in [-0.2, -0.15) is 0 Å². The molecule has 248 valence electrons. The fourth-order valence-corrected chi connectivity index (χ4v) is 7.26. The highest BCUT2D eigenvalue weighted by Crippen LogP contribution is 2.38. The van der Waals surface area contributed by atoms with Gasteiger partial charge in [-0.1, -0.05) is 152 Å². The summed E-state index contributed by atoms with van der Waals surface area (Å²) in [4.78, 5) is 15.4. The van der Waals surface area contributed by atoms with Gasteiger partial charge < -0.3 is 4.42 Å². The van der Waals surface area contributed by atoms with Crippen molar-refractivity contribution in [3.63, 3.8) is 0 Å². The van der Waals surface area contributed by atoms with E-state index in [0.717, 1.165) is 72.0 Å². The lowest BCUT2D eigenvalue weighted by Crippen LogP contribution is -2.00. The maximum atomic E-state index is 6.50. The van der Waals surface area contributed by atoms with Crippen molar-refractivity contribution in [3.05, 3.63) is 188 Å². The maximum Gasteiger partial charge on any atom is 0.164 e. The van der Waals surface area contributed by atoms with Crippen molar-refractivity contribution in [1.29, 1.82) is 0 Å². The van der Waals surface area contributed by atoms with Gasteiger partial charge in [0.2, 0.25) is 0 Å². The summed E-state index contributed by atoms with van der Waals surface area (Å²) in [6, 6.07) is 65.2. The molecular weight excluding hydrogens is 647 g/mol. The molecule has 4 heteroatoms. The summed E-state index contributed by atoms with van der Waals surface area (Å²) in [5, 5.41) is 4.57. The van der Waals surface area contributed by atoms with Crippen LogP contribution in [0.3, 0.4) is 0 Å². The third-order valence-electron chi connectivity index (χ3n) is 9.91. The molecule has 4 nitrogen and oxygen atoms in total. The number of rotatable bonds is 6. The van der Waals surface area contributed by atoms with Crippen LogP contribution in [0.1, 0.15) is 0 Å². The average molecular weight is 678 g/mol. The quantitative estimate of drug-likeness (QED) is 0.176. The summed E-state index contributed by atoms with van der Waals surface area (Å²) in [7, 11) is 0. The van der Waals surface area contributed by atoms with Gasteiger partial charge in [0.25, 0.3) is 0 Å². The Kier molecular flexibility index (Phi) is 7.43. The van der Waals surface area contributed by atoms with Gasteiger partial charge in [0.15, 0.2) is 17.5 Å². The van der Waals surface area contributed by atoms with E-state index in [4.69, 9.17) is 19.4 Å². The number of fused-ring (bicyclic) bond motifs is 4. The van der Waals surface area contributed by atoms with Gasteiger partial charge in [0.05, 0.1) is 0 Å². The predicted octanol–water partition coefficient (Wildman–Crippen LogP) is 12.9. The molecule has 0 aliphatic rings. The molecule has 0 aliphatic heterocycles. The highest BCUT2D eigenvalue weighted by Gasteiger charge is 2.17. The molecule has 0 N–H and O–H groups in total. The number of hydrogen-bond acceptors (Lipinski definition) is 4. The molecule has 0 radical (unpaired) electrons. The van der Waals surface area contributed by atoms with Gasteiger partial charge in [0, 0.05) is 27.5 Å². The molecular formula is C49H31N3O. The lowest BCUT2D eigenvalue weighted by atomic mass is 9.99. The van der Waals surface area contributed by atoms with Crippen molar-refractivity contribution >= 4 is 32.7 Å². The SMILES string of the molecule is c1ccc(-c2cccc(-c3nc(-c4cccc(-c5ccc6ccccc6c5)c4)nc(-c4ccc5c(c4)oc4cccc(-c6ccccc6)c45)n3)c2)cc1. The summed E-state index contributed by atoms with van der Waals surface area (Å²) in [5.41, 5.74) is 11.1. The first kappa shape index (κ1) is 30.6. The van der Waals surface area contributed by atoms with Gasteiger partial charge in [-0.15, -0.1) is 0 Å². The van der Waals surface area contributed by atoms with Crippen LogP contribution in [0.2, 0.25) is 0 Å². The number of nitrogens with zero attached hydrogens (tertiary/aromatic N) is 3. The Hall–Kier alpha value is -7.17. The van der Waals surface area contributed by atoms with Crippen LogP contribution in [0, 0.1) is 0 Å². The zero-order chi connectivity index (χ0) is 35.1. The van der Waals surface area contributed by atoms with Crippen LogP contribution in [0.5, 0.6) is 0 Å². The Balaban J connectivity index is 1.13. The van der Waals surface area contributed by atoms with Gasteiger partial charge in [0.1, 0.15) is 11.2 Å². The van der Waals surface area contributed by atoms with Crippen molar-refractivity contribution < 1.29 is 4.42 Å². The predicted molar refractivity (Wildman–Crippen MR) is 217 cm³/mol. The molecule has 10 rings (SSSR count). The van der Waals surface area contributed by atoms with E-state index in [9.17, 15) is 0 Å². The van der Waals surface area contributed by atoms with Gasteiger partial charge in [-0.25, -0.2) is 15.0 Å². The van der Waals surface area contributed by atoms with E-state index in [1.54, 1.807) is 0 Å². The number of hydrogen-bond donors (Lipinski definition) is 0. The van der Waals surface area contributed by atoms with Crippen molar-refractivity contribution in [3.8, 4) is 67.5 Å². The van der Waals surface area contributed by atoms with Crippen molar-refractivity contribution in [2.24, 2.45) is 0 Å². The van der Waals surface area contributed by atoms with E-state index < -0.39 is 0 Å². The van der Waals surface area contributed by atoms with E-state index in [-0.39, 0.29) is 0 Å². The summed E-state index contributed by atoms with van der Waals surface area (Å²) in [6.45, 7) is 0. The standard InChI is InChI=1S/C49H31N3O/c1-3-12-32(13-4-1)36-18-9-20-39(29-36)47-50-48(40-21-10-19-37(30-40)38-25-24-33-14-7-8-17-35(33)28-38)52-49(51-47)41-26-27-43-45(31-41)53-44-23-11-22-42(46(43)44)34-15-5-2-6-16-34/h1-31H. The number of furan rings is 1. The first-order chi connectivity index (χ1) is 26.2. The highest BCUT2D eigenvalue weighted by molar-refractivity contribution is 6.13. The Morgan fingerprint density at radius 2 is 0.811 bits per heavy atom. The minimum atomic E-state index is 0.580. The van der Waals surface area contributed by atoms with Gasteiger partial charge in [-0.05, 0) is 80.6 Å². The van der Waals surface area contributed by atoms with Crippen LogP contribution < -0.4 is 0 Å². The zero-order valence-electron chi connectivity index (χ0n) is 28.6.